The number of hydrogen-bond acceptors (Lipinski definition) is 9. The van der Waals surface area contributed by atoms with Crippen LogP contribution in [0.5, 0.6) is 0 Å². The van der Waals surface area contributed by atoms with Crippen molar-refractivity contribution in [2.75, 3.05) is 0 Å². The van der Waals surface area contributed by atoms with Crippen LogP contribution in [0.25, 0.3) is 0 Å². The van der Waals surface area contributed by atoms with Crippen LogP contribution in [0.15, 0.2) is 11.6 Å². The zero-order valence-corrected chi connectivity index (χ0v) is 23.5. The average molecular weight is 561 g/mol. The van der Waals surface area contributed by atoms with Gasteiger partial charge in [-0.1, -0.05) is 25.5 Å². The monoisotopic (exact) mass is 560 g/mol. The van der Waals surface area contributed by atoms with Crippen LogP contribution in [0.1, 0.15) is 72.6 Å². The number of allylic oxidation sites excluding steroid dienone is 2. The van der Waals surface area contributed by atoms with Crippen molar-refractivity contribution < 1.29 is 47.1 Å². The minimum absolute atomic E-state index is 0.0177. The molecule has 4 fully saturated rings. The molecule has 5 N–H and O–H groups in total. The molecule has 0 amide bonds. The van der Waals surface area contributed by atoms with Gasteiger partial charge in [0, 0.05) is 0 Å². The number of hydrogen-bond donors (Lipinski definition) is 5. The molecule has 4 aliphatic carbocycles. The van der Waals surface area contributed by atoms with Crippen LogP contribution in [-0.4, -0.2) is 82.4 Å². The zero-order valence-electron chi connectivity index (χ0n) is 22.6. The molecule has 1 saturated heterocycles. The maximum atomic E-state index is 11.2. The highest BCUT2D eigenvalue weighted by Crippen LogP contribution is 2.66. The van der Waals surface area contributed by atoms with Crippen molar-refractivity contribution >= 4 is 10.4 Å². The molecule has 3 unspecified atom stereocenters. The Morgan fingerprint density at radius 3 is 2.45 bits per heavy atom. The van der Waals surface area contributed by atoms with Gasteiger partial charge < -0.3 is 29.9 Å². The fourth-order valence-corrected chi connectivity index (χ4v) is 9.62. The fraction of sp³-hybridized carbons (Fsp3) is 0.926. The van der Waals surface area contributed by atoms with E-state index in [-0.39, 0.29) is 40.8 Å². The van der Waals surface area contributed by atoms with Gasteiger partial charge in [0.05, 0.1) is 24.4 Å². The quantitative estimate of drug-likeness (QED) is 0.248. The van der Waals surface area contributed by atoms with E-state index in [1.54, 1.807) is 0 Å². The molecule has 11 heteroatoms. The minimum atomic E-state index is -4.87. The Hall–Kier alpha value is -0.630. The van der Waals surface area contributed by atoms with E-state index in [2.05, 4.69) is 24.1 Å². The molecule has 0 aromatic rings. The Balaban J connectivity index is 1.43. The van der Waals surface area contributed by atoms with E-state index in [0.29, 0.717) is 25.2 Å². The second-order valence-corrected chi connectivity index (χ2v) is 14.1. The van der Waals surface area contributed by atoms with E-state index in [9.17, 15) is 28.8 Å². The number of fused-ring (bicyclic) bond motifs is 5. The maximum absolute atomic E-state index is 11.2. The first-order valence-corrected chi connectivity index (χ1v) is 15.4. The minimum Gasteiger partial charge on any atom is -0.393 e. The first kappa shape index (κ1) is 28.9. The van der Waals surface area contributed by atoms with E-state index in [1.807, 2.05) is 6.92 Å². The highest BCUT2D eigenvalue weighted by molar-refractivity contribution is 7.80. The van der Waals surface area contributed by atoms with Crippen LogP contribution >= 0.6 is 0 Å². The van der Waals surface area contributed by atoms with Crippen molar-refractivity contribution in [3.8, 4) is 0 Å². The standard InChI is InChI=1S/C27H44O10S/c1-13(28)17-5-6-18-16-12-21(36-25-23(31)22(30)24(14(2)35-25)37-38(32,33)34)20-11-15(29)7-9-27(20,4)19(16)8-10-26(17,18)3/h8,13-18,20-25,28-31H,5-7,9-12H2,1-4H3,(H,32,33,34)/t13-,14-,15+,16?,17-,18?,20?,21+,22-,23-,24-,25+,26-,27-/m1/s1. The van der Waals surface area contributed by atoms with Gasteiger partial charge in [-0.25, -0.2) is 4.18 Å². The summed E-state index contributed by atoms with van der Waals surface area (Å²) in [4.78, 5) is 0. The van der Waals surface area contributed by atoms with Gasteiger partial charge in [0.25, 0.3) is 0 Å². The van der Waals surface area contributed by atoms with E-state index in [1.165, 1.54) is 12.5 Å². The molecule has 0 bridgehead atoms. The van der Waals surface area contributed by atoms with Gasteiger partial charge in [-0.3, -0.25) is 4.55 Å². The third-order valence-corrected chi connectivity index (χ3v) is 11.4. The molecule has 0 spiro atoms. The molecule has 5 rings (SSSR count). The molecule has 5 aliphatic rings. The lowest BCUT2D eigenvalue weighted by Gasteiger charge is -2.59. The van der Waals surface area contributed by atoms with E-state index < -0.39 is 47.2 Å². The highest BCUT2D eigenvalue weighted by Gasteiger charge is 2.61. The maximum Gasteiger partial charge on any atom is 0.397 e. The third kappa shape index (κ3) is 4.79. The largest absolute Gasteiger partial charge is 0.397 e. The molecular formula is C27H44O10S. The van der Waals surface area contributed by atoms with Crippen molar-refractivity contribution in [1.82, 2.24) is 0 Å². The fourth-order valence-electron chi connectivity index (χ4n) is 9.07. The number of ether oxygens (including phenoxy) is 2. The van der Waals surface area contributed by atoms with E-state index in [0.717, 1.165) is 25.7 Å². The molecule has 38 heavy (non-hydrogen) atoms. The smallest absolute Gasteiger partial charge is 0.393 e. The van der Waals surface area contributed by atoms with Gasteiger partial charge in [0.1, 0.15) is 18.3 Å². The Morgan fingerprint density at radius 1 is 1.08 bits per heavy atom. The number of aliphatic hydroxyl groups is 4. The number of aliphatic hydroxyl groups excluding tert-OH is 4. The summed E-state index contributed by atoms with van der Waals surface area (Å²) in [5.41, 5.74) is 1.22. The Labute approximate surface area is 225 Å². The summed E-state index contributed by atoms with van der Waals surface area (Å²) < 4.78 is 48.4. The average Bonchev–Trinajstić information content (AvgIpc) is 3.18. The van der Waals surface area contributed by atoms with E-state index >= 15 is 0 Å². The van der Waals surface area contributed by atoms with Crippen molar-refractivity contribution in [2.24, 2.45) is 34.5 Å². The predicted octanol–water partition coefficient (Wildman–Crippen LogP) is 1.96. The van der Waals surface area contributed by atoms with Crippen molar-refractivity contribution in [3.05, 3.63) is 11.6 Å². The lowest BCUT2D eigenvalue weighted by molar-refractivity contribution is -0.312. The molecule has 0 aromatic carbocycles. The van der Waals surface area contributed by atoms with Gasteiger partial charge in [0.15, 0.2) is 6.29 Å². The summed E-state index contributed by atoms with van der Waals surface area (Å²) in [5.74, 6) is 0.814. The summed E-state index contributed by atoms with van der Waals surface area (Å²) in [6.07, 6.45) is -0.0844. The molecular weight excluding hydrogens is 516 g/mol. The molecule has 0 aromatic heterocycles. The summed E-state index contributed by atoms with van der Waals surface area (Å²) in [6.45, 7) is 7.93. The van der Waals surface area contributed by atoms with Crippen LogP contribution in [0.3, 0.4) is 0 Å². The Kier molecular flexibility index (Phi) is 7.62. The van der Waals surface area contributed by atoms with Crippen molar-refractivity contribution in [3.63, 3.8) is 0 Å². The predicted molar refractivity (Wildman–Crippen MR) is 136 cm³/mol. The summed E-state index contributed by atoms with van der Waals surface area (Å²) in [5, 5.41) is 42.7. The summed E-state index contributed by atoms with van der Waals surface area (Å²) in [6, 6.07) is 0. The van der Waals surface area contributed by atoms with Gasteiger partial charge in [-0.05, 0) is 93.3 Å². The Morgan fingerprint density at radius 2 is 1.79 bits per heavy atom. The van der Waals surface area contributed by atoms with Gasteiger partial charge >= 0.3 is 10.4 Å². The first-order chi connectivity index (χ1) is 17.7. The molecule has 218 valence electrons. The molecule has 14 atom stereocenters. The highest BCUT2D eigenvalue weighted by atomic mass is 32.3. The first-order valence-electron chi connectivity index (χ1n) is 14.0. The normalized spacial score (nSPS) is 51.9. The summed E-state index contributed by atoms with van der Waals surface area (Å²) >= 11 is 0. The van der Waals surface area contributed by atoms with Crippen LogP contribution in [0.4, 0.5) is 0 Å². The summed E-state index contributed by atoms with van der Waals surface area (Å²) in [7, 11) is -4.87. The molecule has 3 saturated carbocycles. The van der Waals surface area contributed by atoms with Crippen molar-refractivity contribution in [1.29, 1.82) is 0 Å². The second kappa shape index (κ2) is 10.0. The molecule has 1 heterocycles. The lowest BCUT2D eigenvalue weighted by atomic mass is 9.48. The van der Waals surface area contributed by atoms with Crippen LogP contribution in [-0.2, 0) is 24.1 Å². The van der Waals surface area contributed by atoms with Gasteiger partial charge in [-0.15, -0.1) is 0 Å². The second-order valence-electron chi connectivity index (χ2n) is 13.0. The zero-order chi connectivity index (χ0) is 27.8. The molecule has 1 aliphatic heterocycles. The number of rotatable bonds is 5. The van der Waals surface area contributed by atoms with Crippen LogP contribution in [0.2, 0.25) is 0 Å². The van der Waals surface area contributed by atoms with Gasteiger partial charge in [-0.2, -0.15) is 8.42 Å². The molecule has 0 radical (unpaired) electrons. The van der Waals surface area contributed by atoms with Gasteiger partial charge in [0.2, 0.25) is 0 Å². The van der Waals surface area contributed by atoms with E-state index in [4.69, 9.17) is 14.0 Å². The SMILES string of the molecule is C[C@@H](O)[C@H]1CCC2C3C[C@H](O[C@@H]4O[C@H](C)[C@@H](OS(=O)(=O)O)[C@H](O)[C@H]4O)C4C[C@@H](O)CC[C@]4(C)C3=CC[C@@]21C. The topological polar surface area (TPSA) is 163 Å². The third-order valence-electron chi connectivity index (χ3n) is 11.0. The van der Waals surface area contributed by atoms with Crippen molar-refractivity contribution in [2.45, 2.75) is 122 Å². The van der Waals surface area contributed by atoms with Crippen LogP contribution < -0.4 is 0 Å². The van der Waals surface area contributed by atoms with Crippen LogP contribution in [0, 0.1) is 34.5 Å². The molecule has 10 nitrogen and oxygen atoms in total. The lowest BCUT2D eigenvalue weighted by Crippen LogP contribution is -2.61. The Bertz CT molecular complexity index is 1030.